The summed E-state index contributed by atoms with van der Waals surface area (Å²) >= 11 is 0. The molecular formula is C13H22N2O3. The molecule has 102 valence electrons. The molecule has 18 heavy (non-hydrogen) atoms. The highest BCUT2D eigenvalue weighted by Gasteiger charge is 2.26. The van der Waals surface area contributed by atoms with Crippen LogP contribution < -0.4 is 5.32 Å². The van der Waals surface area contributed by atoms with Crippen molar-refractivity contribution in [1.29, 1.82) is 0 Å². The molecule has 1 atom stereocenters. The van der Waals surface area contributed by atoms with Crippen LogP contribution in [0.25, 0.3) is 0 Å². The van der Waals surface area contributed by atoms with E-state index < -0.39 is 5.97 Å². The fourth-order valence-electron chi connectivity index (χ4n) is 2.44. The summed E-state index contributed by atoms with van der Waals surface area (Å²) in [6, 6.07) is 0. The molecule has 0 radical (unpaired) electrons. The molecule has 5 heteroatoms. The second-order valence-electron chi connectivity index (χ2n) is 5.50. The number of likely N-dealkylation sites (tertiary alicyclic amines) is 1. The molecule has 2 aliphatic rings. The fourth-order valence-corrected chi connectivity index (χ4v) is 2.44. The number of nitrogens with one attached hydrogen (secondary N) is 1. The van der Waals surface area contributed by atoms with E-state index in [0.717, 1.165) is 32.0 Å². The minimum absolute atomic E-state index is 0.161. The van der Waals surface area contributed by atoms with E-state index in [0.29, 0.717) is 18.9 Å². The van der Waals surface area contributed by atoms with Crippen molar-refractivity contribution in [2.45, 2.75) is 32.1 Å². The van der Waals surface area contributed by atoms with Gasteiger partial charge in [-0.15, -0.1) is 0 Å². The first-order valence-electron chi connectivity index (χ1n) is 6.85. The molecule has 1 heterocycles. The topological polar surface area (TPSA) is 69.6 Å². The SMILES string of the molecule is O=C(O)CCC1CCN(C(=O)CNCC2CC2)C1. The van der Waals surface area contributed by atoms with E-state index in [-0.39, 0.29) is 12.3 Å². The van der Waals surface area contributed by atoms with Crippen molar-refractivity contribution in [3.05, 3.63) is 0 Å². The minimum atomic E-state index is -0.745. The van der Waals surface area contributed by atoms with E-state index in [1.807, 2.05) is 4.90 Å². The molecule has 0 bridgehead atoms. The van der Waals surface area contributed by atoms with E-state index in [1.165, 1.54) is 12.8 Å². The maximum Gasteiger partial charge on any atom is 0.303 e. The van der Waals surface area contributed by atoms with Crippen molar-refractivity contribution < 1.29 is 14.7 Å². The first-order valence-corrected chi connectivity index (χ1v) is 6.85. The van der Waals surface area contributed by atoms with Gasteiger partial charge in [0.25, 0.3) is 0 Å². The van der Waals surface area contributed by atoms with Crippen LogP contribution >= 0.6 is 0 Å². The molecule has 2 fully saturated rings. The molecule has 1 amide bonds. The largest absolute Gasteiger partial charge is 0.481 e. The van der Waals surface area contributed by atoms with Crippen LogP contribution in [0.1, 0.15) is 32.1 Å². The lowest BCUT2D eigenvalue weighted by Crippen LogP contribution is -2.37. The van der Waals surface area contributed by atoms with Gasteiger partial charge in [0, 0.05) is 19.5 Å². The summed E-state index contributed by atoms with van der Waals surface area (Å²) in [4.78, 5) is 24.2. The molecule has 2 N–H and O–H groups in total. The van der Waals surface area contributed by atoms with Crippen LogP contribution in [0.5, 0.6) is 0 Å². The lowest BCUT2D eigenvalue weighted by Gasteiger charge is -2.16. The average Bonchev–Trinajstić information content (AvgIpc) is 3.03. The summed E-state index contributed by atoms with van der Waals surface area (Å²) in [6.07, 6.45) is 4.44. The van der Waals surface area contributed by atoms with Gasteiger partial charge in [-0.2, -0.15) is 0 Å². The monoisotopic (exact) mass is 254 g/mol. The van der Waals surface area contributed by atoms with E-state index >= 15 is 0 Å². The lowest BCUT2D eigenvalue weighted by atomic mass is 10.0. The number of nitrogens with zero attached hydrogens (tertiary/aromatic N) is 1. The van der Waals surface area contributed by atoms with E-state index in [2.05, 4.69) is 5.32 Å². The highest BCUT2D eigenvalue weighted by atomic mass is 16.4. The van der Waals surface area contributed by atoms with Gasteiger partial charge in [-0.1, -0.05) is 0 Å². The van der Waals surface area contributed by atoms with Crippen LogP contribution in [-0.4, -0.2) is 48.1 Å². The van der Waals surface area contributed by atoms with Gasteiger partial charge in [0.2, 0.25) is 5.91 Å². The molecule has 1 aliphatic carbocycles. The van der Waals surface area contributed by atoms with Crippen molar-refractivity contribution in [3.63, 3.8) is 0 Å². The van der Waals surface area contributed by atoms with E-state index in [1.54, 1.807) is 0 Å². The van der Waals surface area contributed by atoms with Crippen LogP contribution in [0.2, 0.25) is 0 Å². The molecule has 5 nitrogen and oxygen atoms in total. The Morgan fingerprint density at radius 2 is 2.00 bits per heavy atom. The van der Waals surface area contributed by atoms with E-state index in [9.17, 15) is 9.59 Å². The van der Waals surface area contributed by atoms with Crippen LogP contribution in [0, 0.1) is 11.8 Å². The van der Waals surface area contributed by atoms with Crippen molar-refractivity contribution in [3.8, 4) is 0 Å². The second kappa shape index (κ2) is 6.18. The smallest absolute Gasteiger partial charge is 0.303 e. The molecule has 0 aromatic heterocycles. The number of hydrogen-bond acceptors (Lipinski definition) is 3. The first kappa shape index (κ1) is 13.3. The Morgan fingerprint density at radius 3 is 2.67 bits per heavy atom. The fraction of sp³-hybridized carbons (Fsp3) is 0.846. The summed E-state index contributed by atoms with van der Waals surface area (Å²) in [5.74, 6) is 0.576. The number of carbonyl (C=O) groups is 2. The third-order valence-corrected chi connectivity index (χ3v) is 3.81. The summed E-state index contributed by atoms with van der Waals surface area (Å²) in [7, 11) is 0. The Balaban J connectivity index is 1.60. The number of hydrogen-bond donors (Lipinski definition) is 2. The molecular weight excluding hydrogens is 232 g/mol. The Kier molecular flexibility index (Phi) is 4.58. The van der Waals surface area contributed by atoms with Gasteiger partial charge < -0.3 is 15.3 Å². The third-order valence-electron chi connectivity index (χ3n) is 3.81. The van der Waals surface area contributed by atoms with Crippen molar-refractivity contribution in [1.82, 2.24) is 10.2 Å². The quantitative estimate of drug-likeness (QED) is 0.701. The predicted octanol–water partition coefficient (Wildman–Crippen LogP) is 0.699. The van der Waals surface area contributed by atoms with Gasteiger partial charge in [0.05, 0.1) is 6.54 Å². The number of carbonyl (C=O) groups excluding carboxylic acids is 1. The molecule has 1 unspecified atom stereocenters. The van der Waals surface area contributed by atoms with Gasteiger partial charge >= 0.3 is 5.97 Å². The molecule has 0 spiro atoms. The molecule has 0 aromatic carbocycles. The minimum Gasteiger partial charge on any atom is -0.481 e. The number of amides is 1. The molecule has 0 aromatic rings. The Bertz CT molecular complexity index is 315. The second-order valence-corrected chi connectivity index (χ2v) is 5.50. The number of aliphatic carboxylic acids is 1. The van der Waals surface area contributed by atoms with Crippen LogP contribution in [0.15, 0.2) is 0 Å². The standard InChI is InChI=1S/C13H22N2O3/c16-12(8-14-7-10-1-2-10)15-6-5-11(9-15)3-4-13(17)18/h10-11,14H,1-9H2,(H,17,18). The van der Waals surface area contributed by atoms with Crippen molar-refractivity contribution in [2.24, 2.45) is 11.8 Å². The summed E-state index contributed by atoms with van der Waals surface area (Å²) in [5.41, 5.74) is 0. The lowest BCUT2D eigenvalue weighted by molar-refractivity contribution is -0.137. The molecule has 1 aliphatic heterocycles. The van der Waals surface area contributed by atoms with Gasteiger partial charge in [0.15, 0.2) is 0 Å². The van der Waals surface area contributed by atoms with Gasteiger partial charge in [0.1, 0.15) is 0 Å². The highest BCUT2D eigenvalue weighted by molar-refractivity contribution is 5.78. The maximum absolute atomic E-state index is 11.9. The Hall–Kier alpha value is -1.10. The number of rotatable bonds is 7. The zero-order chi connectivity index (χ0) is 13.0. The Morgan fingerprint density at radius 1 is 1.22 bits per heavy atom. The zero-order valence-electron chi connectivity index (χ0n) is 10.7. The summed E-state index contributed by atoms with van der Waals surface area (Å²) in [5, 5.41) is 11.8. The number of carboxylic acid groups (broad SMARTS) is 1. The van der Waals surface area contributed by atoms with Gasteiger partial charge in [-0.05, 0) is 44.1 Å². The predicted molar refractivity (Wildman–Crippen MR) is 67.2 cm³/mol. The molecule has 2 rings (SSSR count). The molecule has 1 saturated heterocycles. The zero-order valence-corrected chi connectivity index (χ0v) is 10.7. The Labute approximate surface area is 108 Å². The van der Waals surface area contributed by atoms with Crippen LogP contribution in [0.4, 0.5) is 0 Å². The summed E-state index contributed by atoms with van der Waals surface area (Å²) < 4.78 is 0. The van der Waals surface area contributed by atoms with Crippen LogP contribution in [0.3, 0.4) is 0 Å². The molecule has 1 saturated carbocycles. The third kappa shape index (κ3) is 4.29. The van der Waals surface area contributed by atoms with E-state index in [4.69, 9.17) is 5.11 Å². The summed E-state index contributed by atoms with van der Waals surface area (Å²) in [6.45, 7) is 2.91. The maximum atomic E-state index is 11.9. The van der Waals surface area contributed by atoms with Crippen molar-refractivity contribution >= 4 is 11.9 Å². The normalized spacial score (nSPS) is 23.3. The van der Waals surface area contributed by atoms with Crippen molar-refractivity contribution in [2.75, 3.05) is 26.2 Å². The number of carboxylic acids is 1. The first-order chi connectivity index (χ1) is 8.65. The average molecular weight is 254 g/mol. The van der Waals surface area contributed by atoms with Gasteiger partial charge in [-0.25, -0.2) is 0 Å². The highest BCUT2D eigenvalue weighted by Crippen LogP contribution is 2.27. The van der Waals surface area contributed by atoms with Crippen LogP contribution in [-0.2, 0) is 9.59 Å². The van der Waals surface area contributed by atoms with Gasteiger partial charge in [-0.3, -0.25) is 9.59 Å².